The van der Waals surface area contributed by atoms with Gasteiger partial charge in [0.1, 0.15) is 23.0 Å². The van der Waals surface area contributed by atoms with Crippen molar-refractivity contribution in [1.29, 1.82) is 0 Å². The van der Waals surface area contributed by atoms with Gasteiger partial charge in [-0.25, -0.2) is 0 Å². The number of phenols is 3. The van der Waals surface area contributed by atoms with Crippen molar-refractivity contribution in [2.24, 2.45) is 0 Å². The highest BCUT2D eigenvalue weighted by Gasteiger charge is 2.26. The van der Waals surface area contributed by atoms with Crippen molar-refractivity contribution >= 4 is 24.3 Å². The number of aromatic hydroxyl groups is 3. The highest BCUT2D eigenvalue weighted by molar-refractivity contribution is 5.72. The number of benzene rings is 4. The van der Waals surface area contributed by atoms with Crippen molar-refractivity contribution in [2.75, 3.05) is 45.8 Å². The zero-order chi connectivity index (χ0) is 41.1. The van der Waals surface area contributed by atoms with E-state index in [1.807, 2.05) is 36.4 Å². The lowest BCUT2D eigenvalue weighted by Gasteiger charge is -2.36. The maximum atomic E-state index is 11.1. The second kappa shape index (κ2) is 20.8. The average molecular weight is 811 g/mol. The topological polar surface area (TPSA) is 82.9 Å². The van der Waals surface area contributed by atoms with E-state index >= 15 is 0 Å². The van der Waals surface area contributed by atoms with Gasteiger partial charge < -0.3 is 20.1 Å². The molecule has 4 aromatic carbocycles. The summed E-state index contributed by atoms with van der Waals surface area (Å²) < 4.78 is 7.01. The molecule has 0 bridgehead atoms. The highest BCUT2D eigenvalue weighted by Crippen LogP contribution is 2.32. The Kier molecular flexibility index (Phi) is 14.6. The molecule has 0 saturated carbocycles. The minimum Gasteiger partial charge on any atom is -0.508 e. The summed E-state index contributed by atoms with van der Waals surface area (Å²) >= 11 is 0. The quantitative estimate of drug-likeness (QED) is 0.109. The van der Waals surface area contributed by atoms with Crippen molar-refractivity contribution in [3.63, 3.8) is 0 Å². The third kappa shape index (κ3) is 11.6. The first-order valence-corrected chi connectivity index (χ1v) is 22.9. The van der Waals surface area contributed by atoms with Crippen LogP contribution in [0.4, 0.5) is 0 Å². The molecule has 4 heterocycles. The van der Waals surface area contributed by atoms with Gasteiger partial charge in [0, 0.05) is 55.0 Å². The van der Waals surface area contributed by atoms with Crippen molar-refractivity contribution in [3.8, 4) is 23.0 Å². The Bertz CT molecular complexity index is 2080. The molecule has 3 N–H and O–H groups in total. The van der Waals surface area contributed by atoms with E-state index in [0.29, 0.717) is 23.8 Å². The van der Waals surface area contributed by atoms with Crippen LogP contribution in [0, 0.1) is 0 Å². The smallest absolute Gasteiger partial charge is 0.152 e. The molecule has 4 fully saturated rings. The Morgan fingerprint density at radius 3 is 1.23 bits per heavy atom. The number of rotatable bonds is 14. The van der Waals surface area contributed by atoms with Gasteiger partial charge in [-0.3, -0.25) is 19.6 Å². The van der Waals surface area contributed by atoms with Crippen LogP contribution in [-0.4, -0.2) is 87.0 Å². The number of hydrogen-bond donors (Lipinski definition) is 3. The lowest BCUT2D eigenvalue weighted by molar-refractivity contribution is -0.0109. The van der Waals surface area contributed by atoms with Gasteiger partial charge >= 0.3 is 0 Å². The monoisotopic (exact) mass is 811 g/mol. The molecule has 1 unspecified atom stereocenters. The molecule has 4 aromatic rings. The van der Waals surface area contributed by atoms with Crippen LogP contribution in [0.25, 0.3) is 24.3 Å². The first-order chi connectivity index (χ1) is 29.4. The van der Waals surface area contributed by atoms with Gasteiger partial charge in [-0.1, -0.05) is 67.8 Å². The summed E-state index contributed by atoms with van der Waals surface area (Å²) in [4.78, 5) is 9.85. The molecule has 318 valence electrons. The number of ether oxygens (including phenoxy) is 1. The van der Waals surface area contributed by atoms with Crippen LogP contribution in [0.3, 0.4) is 0 Å². The molecule has 4 aliphatic heterocycles. The molecular formula is C52H66N4O4. The Morgan fingerprint density at radius 2 is 0.783 bits per heavy atom. The Morgan fingerprint density at radius 1 is 0.417 bits per heavy atom. The van der Waals surface area contributed by atoms with E-state index in [1.165, 1.54) is 63.4 Å². The predicted molar refractivity (Wildman–Crippen MR) is 245 cm³/mol. The number of piperidine rings is 4. The second-order valence-electron chi connectivity index (χ2n) is 17.7. The van der Waals surface area contributed by atoms with E-state index in [2.05, 4.69) is 80.3 Å². The summed E-state index contributed by atoms with van der Waals surface area (Å²) in [5.41, 5.74) is 8.39. The van der Waals surface area contributed by atoms with Gasteiger partial charge in [-0.05, 0) is 168 Å². The van der Waals surface area contributed by atoms with Crippen molar-refractivity contribution < 1.29 is 20.1 Å². The van der Waals surface area contributed by atoms with E-state index < -0.39 is 0 Å². The predicted octanol–water partition coefficient (Wildman–Crippen LogP) is 10.5. The summed E-state index contributed by atoms with van der Waals surface area (Å²) in [5, 5.41) is 32.3. The normalized spacial score (nSPS) is 20.3. The average Bonchev–Trinajstić information content (AvgIpc) is 3.27. The molecule has 0 spiro atoms. The lowest BCUT2D eigenvalue weighted by atomic mass is 10.0. The molecule has 4 saturated heterocycles. The molecule has 0 aromatic heterocycles. The maximum Gasteiger partial charge on any atom is 0.152 e. The Hall–Kier alpha value is -4.60. The van der Waals surface area contributed by atoms with E-state index in [-0.39, 0.29) is 6.23 Å². The second-order valence-corrected chi connectivity index (χ2v) is 17.7. The molecule has 0 aliphatic carbocycles. The Labute approximate surface area is 358 Å². The van der Waals surface area contributed by atoms with Gasteiger partial charge in [0.2, 0.25) is 0 Å². The number of likely N-dealkylation sites (tertiary alicyclic amines) is 4. The fourth-order valence-electron chi connectivity index (χ4n) is 9.55. The lowest BCUT2D eigenvalue weighted by Crippen LogP contribution is -2.42. The van der Waals surface area contributed by atoms with E-state index in [4.69, 9.17) is 4.74 Å². The van der Waals surface area contributed by atoms with Crippen LogP contribution in [0.15, 0.2) is 72.8 Å². The van der Waals surface area contributed by atoms with Crippen LogP contribution in [0.1, 0.15) is 122 Å². The minimum atomic E-state index is -0.0931. The van der Waals surface area contributed by atoms with Crippen LogP contribution in [0.5, 0.6) is 23.0 Å². The van der Waals surface area contributed by atoms with Gasteiger partial charge in [0.25, 0.3) is 0 Å². The van der Waals surface area contributed by atoms with Crippen LogP contribution < -0.4 is 4.74 Å². The molecular weight excluding hydrogens is 745 g/mol. The third-order valence-corrected chi connectivity index (χ3v) is 13.0. The molecule has 0 amide bonds. The standard InChI is InChI=1S/C52H66N4O4/c57-48-21-17-40(32-44(48)36-53-25-5-1-6-26-53)13-14-42-19-23-50(59)46(34-42)39-56-31-11-4-12-52(56)60-51-24-20-43(35-47(51)38-55-29-9-3-10-30-55)16-15-41-18-22-49(58)45(33-41)37-54-27-7-2-8-28-54/h13-24,32-35,52,57-59H,1-12,25-31,36-39H2. The molecule has 0 radical (unpaired) electrons. The van der Waals surface area contributed by atoms with Gasteiger partial charge in [-0.2, -0.15) is 0 Å². The molecule has 4 aliphatic rings. The number of phenolic OH excluding ortho intramolecular Hbond substituents is 3. The summed E-state index contributed by atoms with van der Waals surface area (Å²) in [6, 6.07) is 24.3. The first-order valence-electron chi connectivity index (χ1n) is 22.9. The number of hydrogen-bond acceptors (Lipinski definition) is 8. The summed E-state index contributed by atoms with van der Waals surface area (Å²) in [6.07, 6.45) is 22.9. The van der Waals surface area contributed by atoms with Crippen LogP contribution in [0.2, 0.25) is 0 Å². The maximum absolute atomic E-state index is 11.1. The zero-order valence-corrected chi connectivity index (χ0v) is 35.6. The van der Waals surface area contributed by atoms with Crippen molar-refractivity contribution in [3.05, 3.63) is 117 Å². The number of nitrogens with zero attached hydrogens (tertiary/aromatic N) is 4. The van der Waals surface area contributed by atoms with Crippen molar-refractivity contribution in [1.82, 2.24) is 19.6 Å². The van der Waals surface area contributed by atoms with Crippen LogP contribution >= 0.6 is 0 Å². The largest absolute Gasteiger partial charge is 0.508 e. The van der Waals surface area contributed by atoms with E-state index in [0.717, 1.165) is 129 Å². The highest BCUT2D eigenvalue weighted by atomic mass is 16.5. The Balaban J connectivity index is 0.963. The molecule has 1 atom stereocenters. The SMILES string of the molecule is Oc1ccc(C=Cc2ccc(O)c(CN3CCCCC3Oc3ccc(C=Cc4ccc(O)c(CN5CCCCC5)c4)cc3CN3CCCCC3)c2)cc1CN1CCCCC1. The van der Waals surface area contributed by atoms with Crippen molar-refractivity contribution in [2.45, 2.75) is 109 Å². The molecule has 8 heteroatoms. The van der Waals surface area contributed by atoms with Gasteiger partial charge in [0.05, 0.1) is 0 Å². The summed E-state index contributed by atoms with van der Waals surface area (Å²) in [7, 11) is 0. The first kappa shape index (κ1) is 42.1. The minimum absolute atomic E-state index is 0.0931. The van der Waals surface area contributed by atoms with Gasteiger partial charge in [0.15, 0.2) is 6.23 Å². The molecule has 8 rings (SSSR count). The fourth-order valence-corrected chi connectivity index (χ4v) is 9.55. The van der Waals surface area contributed by atoms with Gasteiger partial charge in [-0.15, -0.1) is 0 Å². The third-order valence-electron chi connectivity index (χ3n) is 13.0. The van der Waals surface area contributed by atoms with E-state index in [9.17, 15) is 15.3 Å². The summed E-state index contributed by atoms with van der Waals surface area (Å²) in [5.74, 6) is 1.98. The summed E-state index contributed by atoms with van der Waals surface area (Å²) in [6.45, 7) is 10.5. The molecule has 8 nitrogen and oxygen atoms in total. The van der Waals surface area contributed by atoms with Crippen LogP contribution in [-0.2, 0) is 26.2 Å². The fraction of sp³-hybridized carbons (Fsp3) is 0.462. The zero-order valence-electron chi connectivity index (χ0n) is 35.6. The molecule has 60 heavy (non-hydrogen) atoms. The van der Waals surface area contributed by atoms with E-state index in [1.54, 1.807) is 0 Å².